The molecule has 128 valence electrons. The van der Waals surface area contributed by atoms with Gasteiger partial charge in [0.25, 0.3) is 0 Å². The van der Waals surface area contributed by atoms with Crippen LogP contribution in [0.3, 0.4) is 0 Å². The Morgan fingerprint density at radius 1 is 0.955 bits per heavy atom. The lowest BCUT2D eigenvalue weighted by molar-refractivity contribution is -0.160. The number of carbonyl (C=O) groups is 3. The van der Waals surface area contributed by atoms with Crippen LogP contribution in [-0.2, 0) is 19.1 Å². The van der Waals surface area contributed by atoms with E-state index in [0.29, 0.717) is 6.42 Å². The quantitative estimate of drug-likeness (QED) is 0.307. The van der Waals surface area contributed by atoms with Gasteiger partial charge in [-0.05, 0) is 12.8 Å². The standard InChI is InChI=1S/C16H29NO5/c1-2-3-4-5-6-7-8-9-10-15(20)22-16(21)13(17)11-12-14(18)19/h13H,2-12,17H2,1H3,(H,18,19)/t13-/m0/s1. The monoisotopic (exact) mass is 315 g/mol. The second-order valence-electron chi connectivity index (χ2n) is 5.56. The first-order valence-corrected chi connectivity index (χ1v) is 8.19. The molecule has 6 nitrogen and oxygen atoms in total. The van der Waals surface area contributed by atoms with E-state index in [9.17, 15) is 14.4 Å². The van der Waals surface area contributed by atoms with Gasteiger partial charge in [-0.3, -0.25) is 9.59 Å². The molecule has 0 aromatic carbocycles. The highest BCUT2D eigenvalue weighted by atomic mass is 16.6. The minimum Gasteiger partial charge on any atom is -0.481 e. The molecule has 0 radical (unpaired) electrons. The topological polar surface area (TPSA) is 107 Å². The normalized spacial score (nSPS) is 11.9. The fourth-order valence-electron chi connectivity index (χ4n) is 2.04. The van der Waals surface area contributed by atoms with Crippen molar-refractivity contribution >= 4 is 17.9 Å². The van der Waals surface area contributed by atoms with Gasteiger partial charge in [0.15, 0.2) is 0 Å². The zero-order valence-corrected chi connectivity index (χ0v) is 13.5. The van der Waals surface area contributed by atoms with Crippen LogP contribution in [0, 0.1) is 0 Å². The maximum Gasteiger partial charge on any atom is 0.330 e. The van der Waals surface area contributed by atoms with Gasteiger partial charge in [-0.1, -0.05) is 51.9 Å². The number of carboxylic acids is 1. The Morgan fingerprint density at radius 2 is 1.50 bits per heavy atom. The summed E-state index contributed by atoms with van der Waals surface area (Å²) >= 11 is 0. The third-order valence-electron chi connectivity index (χ3n) is 3.42. The molecule has 0 amide bonds. The van der Waals surface area contributed by atoms with Crippen molar-refractivity contribution in [2.75, 3.05) is 0 Å². The van der Waals surface area contributed by atoms with Crippen LogP contribution in [0.4, 0.5) is 0 Å². The number of hydrogen-bond acceptors (Lipinski definition) is 5. The summed E-state index contributed by atoms with van der Waals surface area (Å²) in [5.41, 5.74) is 5.46. The molecule has 0 bridgehead atoms. The summed E-state index contributed by atoms with van der Waals surface area (Å²) in [5, 5.41) is 8.49. The zero-order chi connectivity index (χ0) is 16.8. The highest BCUT2D eigenvalue weighted by Gasteiger charge is 2.19. The van der Waals surface area contributed by atoms with Crippen molar-refractivity contribution in [1.29, 1.82) is 0 Å². The number of unbranched alkanes of at least 4 members (excludes halogenated alkanes) is 7. The van der Waals surface area contributed by atoms with Gasteiger partial charge in [-0.15, -0.1) is 0 Å². The van der Waals surface area contributed by atoms with Gasteiger partial charge in [0, 0.05) is 12.8 Å². The molecule has 0 unspecified atom stereocenters. The molecule has 0 fully saturated rings. The molecule has 22 heavy (non-hydrogen) atoms. The van der Waals surface area contributed by atoms with Gasteiger partial charge in [0.2, 0.25) is 0 Å². The molecule has 0 spiro atoms. The van der Waals surface area contributed by atoms with E-state index in [1.165, 1.54) is 32.1 Å². The lowest BCUT2D eigenvalue weighted by atomic mass is 10.1. The third-order valence-corrected chi connectivity index (χ3v) is 3.42. The van der Waals surface area contributed by atoms with Crippen molar-refractivity contribution in [2.24, 2.45) is 5.73 Å². The molecule has 0 rings (SSSR count). The fraction of sp³-hybridized carbons (Fsp3) is 0.812. The fourth-order valence-corrected chi connectivity index (χ4v) is 2.04. The van der Waals surface area contributed by atoms with E-state index >= 15 is 0 Å². The predicted molar refractivity (Wildman–Crippen MR) is 83.2 cm³/mol. The number of aliphatic carboxylic acids is 1. The average molecular weight is 315 g/mol. The van der Waals surface area contributed by atoms with Crippen LogP contribution < -0.4 is 5.73 Å². The summed E-state index contributed by atoms with van der Waals surface area (Å²) in [4.78, 5) is 33.3. The first-order valence-electron chi connectivity index (χ1n) is 8.19. The minimum atomic E-state index is -1.06. The van der Waals surface area contributed by atoms with Crippen molar-refractivity contribution in [1.82, 2.24) is 0 Å². The summed E-state index contributed by atoms with van der Waals surface area (Å²) in [6.45, 7) is 2.18. The van der Waals surface area contributed by atoms with Crippen LogP contribution in [0.2, 0.25) is 0 Å². The molecule has 0 saturated carbocycles. The molecule has 1 atom stereocenters. The number of carbonyl (C=O) groups excluding carboxylic acids is 2. The molecule has 0 heterocycles. The van der Waals surface area contributed by atoms with Crippen molar-refractivity contribution in [3.05, 3.63) is 0 Å². The second kappa shape index (κ2) is 13.2. The Morgan fingerprint density at radius 3 is 2.05 bits per heavy atom. The Kier molecular flexibility index (Phi) is 12.4. The van der Waals surface area contributed by atoms with Crippen molar-refractivity contribution in [2.45, 2.75) is 83.6 Å². The van der Waals surface area contributed by atoms with Crippen molar-refractivity contribution < 1.29 is 24.2 Å². The summed E-state index contributed by atoms with van der Waals surface area (Å²) in [7, 11) is 0. The smallest absolute Gasteiger partial charge is 0.330 e. The molecule has 0 aliphatic heterocycles. The summed E-state index contributed by atoms with van der Waals surface area (Å²) in [5.74, 6) is -2.46. The minimum absolute atomic E-state index is 0.0286. The molecule has 6 heteroatoms. The van der Waals surface area contributed by atoms with Gasteiger partial charge < -0.3 is 15.6 Å². The van der Waals surface area contributed by atoms with Crippen LogP contribution in [-0.4, -0.2) is 29.1 Å². The van der Waals surface area contributed by atoms with E-state index < -0.39 is 23.9 Å². The first kappa shape index (κ1) is 20.6. The van der Waals surface area contributed by atoms with Gasteiger partial charge in [-0.25, -0.2) is 4.79 Å². The van der Waals surface area contributed by atoms with E-state index in [1.54, 1.807) is 0 Å². The Hall–Kier alpha value is -1.43. The number of esters is 2. The average Bonchev–Trinajstić information content (AvgIpc) is 2.47. The Labute approximate surface area is 132 Å². The highest BCUT2D eigenvalue weighted by molar-refractivity contribution is 5.88. The van der Waals surface area contributed by atoms with Crippen LogP contribution in [0.25, 0.3) is 0 Å². The molecule has 0 aromatic rings. The summed E-state index contributed by atoms with van der Waals surface area (Å²) < 4.78 is 4.61. The van der Waals surface area contributed by atoms with Crippen LogP contribution in [0.5, 0.6) is 0 Å². The van der Waals surface area contributed by atoms with Crippen LogP contribution >= 0.6 is 0 Å². The van der Waals surface area contributed by atoms with Crippen LogP contribution in [0.15, 0.2) is 0 Å². The molecule has 3 N–H and O–H groups in total. The lowest BCUT2D eigenvalue weighted by Gasteiger charge is -2.09. The van der Waals surface area contributed by atoms with Crippen LogP contribution in [0.1, 0.15) is 77.6 Å². The van der Waals surface area contributed by atoms with E-state index in [2.05, 4.69) is 11.7 Å². The van der Waals surface area contributed by atoms with Gasteiger partial charge >= 0.3 is 17.9 Å². The molecule has 0 aliphatic rings. The third kappa shape index (κ3) is 12.3. The number of carboxylic acid groups (broad SMARTS) is 1. The van der Waals surface area contributed by atoms with Crippen molar-refractivity contribution in [3.63, 3.8) is 0 Å². The maximum absolute atomic E-state index is 11.5. The number of hydrogen-bond donors (Lipinski definition) is 2. The molecule has 0 aliphatic carbocycles. The Bertz CT molecular complexity index is 343. The SMILES string of the molecule is CCCCCCCCCCC(=O)OC(=O)[C@@H](N)CCC(=O)O. The summed E-state index contributed by atoms with van der Waals surface area (Å²) in [6, 6.07) is -1.06. The first-order chi connectivity index (χ1) is 10.5. The Balaban J connectivity index is 3.59. The molecule has 0 saturated heterocycles. The lowest BCUT2D eigenvalue weighted by Crippen LogP contribution is -2.34. The number of nitrogens with two attached hydrogens (primary N) is 1. The predicted octanol–water partition coefficient (Wildman–Crippen LogP) is 2.78. The van der Waals surface area contributed by atoms with E-state index in [1.807, 2.05) is 0 Å². The van der Waals surface area contributed by atoms with Gasteiger partial charge in [0.05, 0.1) is 0 Å². The highest BCUT2D eigenvalue weighted by Crippen LogP contribution is 2.10. The van der Waals surface area contributed by atoms with Crippen molar-refractivity contribution in [3.8, 4) is 0 Å². The maximum atomic E-state index is 11.5. The summed E-state index contributed by atoms with van der Waals surface area (Å²) in [6.07, 6.45) is 8.86. The van der Waals surface area contributed by atoms with Gasteiger partial charge in [-0.2, -0.15) is 0 Å². The largest absolute Gasteiger partial charge is 0.481 e. The molecular formula is C16H29NO5. The van der Waals surface area contributed by atoms with E-state index in [-0.39, 0.29) is 19.3 Å². The molecular weight excluding hydrogens is 286 g/mol. The number of ether oxygens (including phenoxy) is 1. The van der Waals surface area contributed by atoms with E-state index in [4.69, 9.17) is 10.8 Å². The number of rotatable bonds is 13. The zero-order valence-electron chi connectivity index (χ0n) is 13.5. The molecule has 0 aromatic heterocycles. The van der Waals surface area contributed by atoms with Gasteiger partial charge in [0.1, 0.15) is 6.04 Å². The van der Waals surface area contributed by atoms with E-state index in [0.717, 1.165) is 12.8 Å². The second-order valence-corrected chi connectivity index (χ2v) is 5.56.